The quantitative estimate of drug-likeness (QED) is 0.842. The first kappa shape index (κ1) is 14.7. The average molecular weight is 273 g/mol. The fourth-order valence-corrected chi connectivity index (χ4v) is 2.29. The monoisotopic (exact) mass is 273 g/mol. The van der Waals surface area contributed by atoms with E-state index < -0.39 is 0 Å². The third kappa shape index (κ3) is 4.78. The van der Waals surface area contributed by atoms with Gasteiger partial charge in [-0.05, 0) is 24.3 Å². The molecule has 0 spiro atoms. The van der Waals surface area contributed by atoms with E-state index in [1.54, 1.807) is 0 Å². The van der Waals surface area contributed by atoms with E-state index >= 15 is 0 Å². The highest BCUT2D eigenvalue weighted by atomic mass is 16.5. The van der Waals surface area contributed by atoms with Crippen molar-refractivity contribution in [3.8, 4) is 0 Å². The molecular weight excluding hydrogens is 250 g/mol. The Morgan fingerprint density at radius 3 is 2.60 bits per heavy atom. The van der Waals surface area contributed by atoms with E-state index in [4.69, 9.17) is 10.3 Å². The van der Waals surface area contributed by atoms with Gasteiger partial charge in [-0.25, -0.2) is 0 Å². The molecule has 0 aliphatic heterocycles. The van der Waals surface area contributed by atoms with Crippen LogP contribution in [0, 0.1) is 5.92 Å². The van der Waals surface area contributed by atoms with Crippen molar-refractivity contribution in [2.75, 3.05) is 0 Å². The number of aryl methyl sites for hydroxylation is 2. The van der Waals surface area contributed by atoms with Gasteiger partial charge in [-0.1, -0.05) is 49.3 Å². The van der Waals surface area contributed by atoms with Crippen LogP contribution in [-0.4, -0.2) is 16.2 Å². The molecule has 1 aromatic carbocycles. The predicted molar refractivity (Wildman–Crippen MR) is 79.3 cm³/mol. The van der Waals surface area contributed by atoms with Crippen LogP contribution < -0.4 is 5.73 Å². The van der Waals surface area contributed by atoms with E-state index in [1.807, 2.05) is 18.2 Å². The molecule has 0 bridgehead atoms. The largest absolute Gasteiger partial charge is 0.339 e. The second kappa shape index (κ2) is 7.20. The number of aromatic nitrogens is 2. The fraction of sp³-hybridized carbons (Fsp3) is 0.500. The zero-order chi connectivity index (χ0) is 14.4. The SMILES string of the molecule is CC(C)CC(N)Cc1nc(CCc2ccccc2)no1. The van der Waals surface area contributed by atoms with Gasteiger partial charge in [-0.3, -0.25) is 0 Å². The molecule has 2 aromatic rings. The van der Waals surface area contributed by atoms with Gasteiger partial charge in [0.15, 0.2) is 5.82 Å². The van der Waals surface area contributed by atoms with Crippen LogP contribution >= 0.6 is 0 Å². The van der Waals surface area contributed by atoms with Crippen molar-refractivity contribution < 1.29 is 4.52 Å². The van der Waals surface area contributed by atoms with E-state index in [2.05, 4.69) is 36.1 Å². The second-order valence-electron chi connectivity index (χ2n) is 5.68. The van der Waals surface area contributed by atoms with Crippen LogP contribution in [0.25, 0.3) is 0 Å². The Labute approximate surface area is 120 Å². The topological polar surface area (TPSA) is 64.9 Å². The van der Waals surface area contributed by atoms with Crippen molar-refractivity contribution in [2.24, 2.45) is 11.7 Å². The molecule has 4 nitrogen and oxygen atoms in total. The molecule has 20 heavy (non-hydrogen) atoms. The van der Waals surface area contributed by atoms with Crippen molar-refractivity contribution in [3.05, 3.63) is 47.6 Å². The second-order valence-corrected chi connectivity index (χ2v) is 5.68. The number of nitrogens with two attached hydrogens (primary N) is 1. The van der Waals surface area contributed by atoms with Crippen molar-refractivity contribution in [2.45, 2.75) is 45.6 Å². The van der Waals surface area contributed by atoms with Crippen LogP contribution in [0.5, 0.6) is 0 Å². The summed E-state index contributed by atoms with van der Waals surface area (Å²) >= 11 is 0. The first-order chi connectivity index (χ1) is 9.63. The van der Waals surface area contributed by atoms with Crippen molar-refractivity contribution in [1.82, 2.24) is 10.1 Å². The first-order valence-electron chi connectivity index (χ1n) is 7.24. The Hall–Kier alpha value is -1.68. The Balaban J connectivity index is 1.83. The van der Waals surface area contributed by atoms with Gasteiger partial charge >= 0.3 is 0 Å². The molecule has 0 aliphatic rings. The summed E-state index contributed by atoms with van der Waals surface area (Å²) in [6, 6.07) is 10.4. The minimum Gasteiger partial charge on any atom is -0.339 e. The summed E-state index contributed by atoms with van der Waals surface area (Å²) in [6.45, 7) is 4.33. The summed E-state index contributed by atoms with van der Waals surface area (Å²) in [5.41, 5.74) is 7.34. The van der Waals surface area contributed by atoms with Crippen molar-refractivity contribution >= 4 is 0 Å². The summed E-state index contributed by atoms with van der Waals surface area (Å²) in [5.74, 6) is 2.01. The maximum atomic E-state index is 6.05. The molecule has 0 amide bonds. The van der Waals surface area contributed by atoms with E-state index in [0.717, 1.165) is 25.1 Å². The highest BCUT2D eigenvalue weighted by Gasteiger charge is 2.12. The lowest BCUT2D eigenvalue weighted by molar-refractivity contribution is 0.355. The molecular formula is C16H23N3O. The molecule has 4 heteroatoms. The zero-order valence-corrected chi connectivity index (χ0v) is 12.2. The number of benzene rings is 1. The number of hydrogen-bond donors (Lipinski definition) is 1. The minimum absolute atomic E-state index is 0.0948. The fourth-order valence-electron chi connectivity index (χ4n) is 2.29. The van der Waals surface area contributed by atoms with Crippen LogP contribution in [0.15, 0.2) is 34.9 Å². The van der Waals surface area contributed by atoms with Crippen LogP contribution in [0.4, 0.5) is 0 Å². The lowest BCUT2D eigenvalue weighted by atomic mass is 10.0. The van der Waals surface area contributed by atoms with Crippen molar-refractivity contribution in [3.63, 3.8) is 0 Å². The average Bonchev–Trinajstić information content (AvgIpc) is 2.84. The normalized spacial score (nSPS) is 12.8. The number of nitrogens with zero attached hydrogens (tertiary/aromatic N) is 2. The summed E-state index contributed by atoms with van der Waals surface area (Å²) in [4.78, 5) is 4.41. The Morgan fingerprint density at radius 2 is 1.90 bits per heavy atom. The summed E-state index contributed by atoms with van der Waals surface area (Å²) in [7, 11) is 0. The van der Waals surface area contributed by atoms with Crippen LogP contribution in [-0.2, 0) is 19.3 Å². The molecule has 108 valence electrons. The summed E-state index contributed by atoms with van der Waals surface area (Å²) in [6.07, 6.45) is 3.36. The smallest absolute Gasteiger partial charge is 0.228 e. The molecule has 0 aliphatic carbocycles. The summed E-state index contributed by atoms with van der Waals surface area (Å²) in [5, 5.41) is 4.02. The van der Waals surface area contributed by atoms with E-state index in [9.17, 15) is 0 Å². The van der Waals surface area contributed by atoms with Gasteiger partial charge in [-0.15, -0.1) is 0 Å². The standard InChI is InChI=1S/C16H23N3O/c1-12(2)10-14(17)11-16-18-15(19-20-16)9-8-13-6-4-3-5-7-13/h3-7,12,14H,8-11,17H2,1-2H3. The number of hydrogen-bond acceptors (Lipinski definition) is 4. The molecule has 0 radical (unpaired) electrons. The van der Waals surface area contributed by atoms with Crippen molar-refractivity contribution in [1.29, 1.82) is 0 Å². The highest BCUT2D eigenvalue weighted by molar-refractivity contribution is 5.15. The molecule has 2 N–H and O–H groups in total. The van der Waals surface area contributed by atoms with Gasteiger partial charge in [0.05, 0.1) is 0 Å². The maximum Gasteiger partial charge on any atom is 0.228 e. The van der Waals surface area contributed by atoms with Gasteiger partial charge in [-0.2, -0.15) is 4.98 Å². The Bertz CT molecular complexity index is 507. The Morgan fingerprint density at radius 1 is 1.15 bits per heavy atom. The molecule has 0 saturated carbocycles. The maximum absolute atomic E-state index is 6.05. The molecule has 1 atom stereocenters. The summed E-state index contributed by atoms with van der Waals surface area (Å²) < 4.78 is 5.26. The Kier molecular flexibility index (Phi) is 5.30. The zero-order valence-electron chi connectivity index (χ0n) is 12.2. The third-order valence-corrected chi connectivity index (χ3v) is 3.20. The molecule has 1 heterocycles. The molecule has 2 rings (SSSR count). The van der Waals surface area contributed by atoms with Crippen LogP contribution in [0.2, 0.25) is 0 Å². The van der Waals surface area contributed by atoms with Gasteiger partial charge < -0.3 is 10.3 Å². The molecule has 1 unspecified atom stereocenters. The highest BCUT2D eigenvalue weighted by Crippen LogP contribution is 2.09. The van der Waals surface area contributed by atoms with Gasteiger partial charge in [0.1, 0.15) is 0 Å². The van der Waals surface area contributed by atoms with Crippen LogP contribution in [0.3, 0.4) is 0 Å². The first-order valence-corrected chi connectivity index (χ1v) is 7.24. The minimum atomic E-state index is 0.0948. The predicted octanol–water partition coefficient (Wildman–Crippen LogP) is 2.77. The van der Waals surface area contributed by atoms with Gasteiger partial charge in [0, 0.05) is 18.9 Å². The lowest BCUT2D eigenvalue weighted by Gasteiger charge is -2.10. The van der Waals surface area contributed by atoms with E-state index in [0.29, 0.717) is 18.2 Å². The van der Waals surface area contributed by atoms with Gasteiger partial charge in [0.2, 0.25) is 5.89 Å². The molecule has 1 aromatic heterocycles. The van der Waals surface area contributed by atoms with Crippen LogP contribution in [0.1, 0.15) is 37.5 Å². The third-order valence-electron chi connectivity index (χ3n) is 3.20. The number of rotatable bonds is 7. The van der Waals surface area contributed by atoms with E-state index in [-0.39, 0.29) is 6.04 Å². The lowest BCUT2D eigenvalue weighted by Crippen LogP contribution is -2.24. The molecule has 0 fully saturated rings. The van der Waals surface area contributed by atoms with Gasteiger partial charge in [0.25, 0.3) is 0 Å². The molecule has 0 saturated heterocycles. The van der Waals surface area contributed by atoms with E-state index in [1.165, 1.54) is 5.56 Å².